The molecular weight excluding hydrogens is 549 g/mol. The minimum Gasteiger partial charge on any atom is -0.493 e. The molecule has 0 spiro atoms. The third kappa shape index (κ3) is 6.80. The molecule has 3 aromatic carbocycles. The van der Waals surface area contributed by atoms with E-state index in [1.807, 2.05) is 12.1 Å². The van der Waals surface area contributed by atoms with Gasteiger partial charge in [-0.05, 0) is 91.8 Å². The lowest BCUT2D eigenvalue weighted by Gasteiger charge is -2.24. The van der Waals surface area contributed by atoms with Crippen LogP contribution in [0.3, 0.4) is 0 Å². The van der Waals surface area contributed by atoms with Gasteiger partial charge in [0.1, 0.15) is 11.9 Å². The third-order valence-electron chi connectivity index (χ3n) is 6.55. The number of carbonyl (C=O) groups excluding carboxylic acids is 3. The number of methoxy groups -OCH3 is 2. The summed E-state index contributed by atoms with van der Waals surface area (Å²) in [7, 11) is 3.11. The van der Waals surface area contributed by atoms with Crippen molar-refractivity contribution < 1.29 is 33.0 Å². The van der Waals surface area contributed by atoms with Crippen LogP contribution in [0.5, 0.6) is 11.5 Å². The van der Waals surface area contributed by atoms with Gasteiger partial charge in [0.25, 0.3) is 5.91 Å². The lowest BCUT2D eigenvalue weighted by atomic mass is 10.1. The summed E-state index contributed by atoms with van der Waals surface area (Å²) >= 11 is 5.75. The van der Waals surface area contributed by atoms with Crippen molar-refractivity contribution in [3.05, 3.63) is 83.7 Å². The van der Waals surface area contributed by atoms with E-state index in [0.717, 1.165) is 5.56 Å². The van der Waals surface area contributed by atoms with E-state index in [1.165, 1.54) is 29.2 Å². The average molecular weight is 580 g/mol. The number of benzene rings is 3. The van der Waals surface area contributed by atoms with Crippen molar-refractivity contribution in [2.45, 2.75) is 25.8 Å². The number of thiocarbonyl (C=S) groups is 1. The first-order valence-corrected chi connectivity index (χ1v) is 13.3. The van der Waals surface area contributed by atoms with Crippen LogP contribution >= 0.6 is 12.2 Å². The Hall–Kier alpha value is -4.51. The van der Waals surface area contributed by atoms with Crippen molar-refractivity contribution >= 4 is 46.5 Å². The number of amides is 2. The standard InChI is InChI=1S/C30H30FN3O6S/c1-4-40-29(37)20-6-12-23(13-7-20)34-28(36)24(18-27(35)32-22-10-8-21(31)9-11-22)33(30(34)41)16-15-19-5-14-25(38-2)26(17-19)39-3/h5-14,17,24H,4,15-16,18H2,1-3H3,(H,32,35). The predicted molar refractivity (Wildman–Crippen MR) is 156 cm³/mol. The lowest BCUT2D eigenvalue weighted by Crippen LogP contribution is -2.39. The van der Waals surface area contributed by atoms with Gasteiger partial charge >= 0.3 is 5.97 Å². The summed E-state index contributed by atoms with van der Waals surface area (Å²) < 4.78 is 29.1. The quantitative estimate of drug-likeness (QED) is 0.260. The van der Waals surface area contributed by atoms with Crippen LogP contribution in [0.2, 0.25) is 0 Å². The fraction of sp³-hybridized carbons (Fsp3) is 0.267. The van der Waals surface area contributed by atoms with E-state index in [4.69, 9.17) is 26.4 Å². The van der Waals surface area contributed by atoms with Gasteiger partial charge in [-0.15, -0.1) is 0 Å². The van der Waals surface area contributed by atoms with E-state index >= 15 is 0 Å². The summed E-state index contributed by atoms with van der Waals surface area (Å²) in [5, 5.41) is 2.95. The fourth-order valence-electron chi connectivity index (χ4n) is 4.49. The molecule has 41 heavy (non-hydrogen) atoms. The Balaban J connectivity index is 1.57. The van der Waals surface area contributed by atoms with Crippen LogP contribution in [-0.4, -0.2) is 61.2 Å². The molecule has 0 saturated carbocycles. The number of carbonyl (C=O) groups is 3. The summed E-state index contributed by atoms with van der Waals surface area (Å²) in [5.74, 6) is -0.528. The number of rotatable bonds is 11. The summed E-state index contributed by atoms with van der Waals surface area (Å²) in [5.41, 5.74) is 2.14. The maximum absolute atomic E-state index is 13.7. The van der Waals surface area contributed by atoms with Gasteiger partial charge in [0.05, 0.1) is 38.5 Å². The molecule has 1 heterocycles. The molecular formula is C30H30FN3O6S. The highest BCUT2D eigenvalue weighted by Crippen LogP contribution is 2.30. The zero-order valence-electron chi connectivity index (χ0n) is 22.9. The zero-order valence-corrected chi connectivity index (χ0v) is 23.7. The molecule has 1 saturated heterocycles. The Morgan fingerprint density at radius 2 is 1.66 bits per heavy atom. The average Bonchev–Trinajstić information content (AvgIpc) is 3.20. The minimum absolute atomic E-state index is 0.181. The van der Waals surface area contributed by atoms with Gasteiger partial charge in [-0.25, -0.2) is 9.18 Å². The lowest BCUT2D eigenvalue weighted by molar-refractivity contribution is -0.124. The highest BCUT2D eigenvalue weighted by molar-refractivity contribution is 7.80. The first kappa shape index (κ1) is 29.5. The first-order chi connectivity index (χ1) is 19.7. The normalized spacial score (nSPS) is 14.7. The number of nitrogens with zero attached hydrogens (tertiary/aromatic N) is 2. The second-order valence-electron chi connectivity index (χ2n) is 9.13. The summed E-state index contributed by atoms with van der Waals surface area (Å²) in [6.45, 7) is 2.30. The minimum atomic E-state index is -0.882. The number of halogens is 1. The van der Waals surface area contributed by atoms with Crippen LogP contribution in [0.15, 0.2) is 66.7 Å². The Morgan fingerprint density at radius 3 is 2.29 bits per heavy atom. The van der Waals surface area contributed by atoms with Gasteiger partial charge < -0.3 is 24.4 Å². The molecule has 1 aliphatic heterocycles. The summed E-state index contributed by atoms with van der Waals surface area (Å²) in [4.78, 5) is 41.9. The Bertz CT molecular complexity index is 1430. The van der Waals surface area contributed by atoms with E-state index in [1.54, 1.807) is 56.4 Å². The molecule has 0 radical (unpaired) electrons. The topological polar surface area (TPSA) is 97.4 Å². The molecule has 0 aliphatic carbocycles. The second kappa shape index (κ2) is 13.2. The number of hydrogen-bond acceptors (Lipinski definition) is 7. The maximum atomic E-state index is 13.7. The molecule has 4 rings (SSSR count). The molecule has 9 nitrogen and oxygen atoms in total. The highest BCUT2D eigenvalue weighted by Gasteiger charge is 2.44. The first-order valence-electron chi connectivity index (χ1n) is 12.9. The Labute approximate surface area is 242 Å². The van der Waals surface area contributed by atoms with Crippen LogP contribution in [0.25, 0.3) is 0 Å². The zero-order chi connectivity index (χ0) is 29.5. The molecule has 1 N–H and O–H groups in total. The van der Waals surface area contributed by atoms with Gasteiger partial charge in [-0.2, -0.15) is 0 Å². The monoisotopic (exact) mass is 579 g/mol. The second-order valence-corrected chi connectivity index (χ2v) is 9.50. The van der Waals surface area contributed by atoms with E-state index in [-0.39, 0.29) is 24.0 Å². The Morgan fingerprint density at radius 1 is 0.976 bits per heavy atom. The molecule has 1 atom stereocenters. The molecule has 2 amide bonds. The molecule has 214 valence electrons. The molecule has 1 fully saturated rings. The summed E-state index contributed by atoms with van der Waals surface area (Å²) in [6.07, 6.45) is 0.319. The van der Waals surface area contributed by atoms with Crippen molar-refractivity contribution in [3.8, 4) is 11.5 Å². The van der Waals surface area contributed by atoms with Crippen LogP contribution in [0.1, 0.15) is 29.3 Å². The van der Waals surface area contributed by atoms with Gasteiger partial charge in [0.15, 0.2) is 16.6 Å². The van der Waals surface area contributed by atoms with Crippen LogP contribution < -0.4 is 19.7 Å². The SMILES string of the molecule is CCOC(=O)c1ccc(N2C(=O)C(CC(=O)Nc3ccc(F)cc3)N(CCc3ccc(OC)c(OC)c3)C2=S)cc1. The van der Waals surface area contributed by atoms with Crippen LogP contribution in [-0.2, 0) is 20.7 Å². The number of ether oxygens (including phenoxy) is 3. The molecule has 0 bridgehead atoms. The van der Waals surface area contributed by atoms with E-state index in [0.29, 0.717) is 41.4 Å². The van der Waals surface area contributed by atoms with Crippen molar-refractivity contribution in [3.63, 3.8) is 0 Å². The van der Waals surface area contributed by atoms with E-state index in [2.05, 4.69) is 5.32 Å². The Kier molecular flexibility index (Phi) is 9.51. The van der Waals surface area contributed by atoms with Gasteiger partial charge in [0.2, 0.25) is 5.91 Å². The van der Waals surface area contributed by atoms with Crippen LogP contribution in [0.4, 0.5) is 15.8 Å². The number of nitrogens with one attached hydrogen (secondary N) is 1. The summed E-state index contributed by atoms with van der Waals surface area (Å²) in [6, 6.07) is 16.4. The van der Waals surface area contributed by atoms with Gasteiger partial charge in [0, 0.05) is 12.2 Å². The van der Waals surface area contributed by atoms with Crippen molar-refractivity contribution in [1.29, 1.82) is 0 Å². The van der Waals surface area contributed by atoms with Crippen molar-refractivity contribution in [2.24, 2.45) is 0 Å². The number of hydrogen-bond donors (Lipinski definition) is 1. The van der Waals surface area contributed by atoms with Gasteiger partial charge in [-0.1, -0.05) is 6.07 Å². The van der Waals surface area contributed by atoms with Crippen molar-refractivity contribution in [2.75, 3.05) is 37.6 Å². The maximum Gasteiger partial charge on any atom is 0.338 e. The van der Waals surface area contributed by atoms with Gasteiger partial charge in [-0.3, -0.25) is 14.5 Å². The van der Waals surface area contributed by atoms with Crippen LogP contribution in [0, 0.1) is 5.82 Å². The molecule has 11 heteroatoms. The number of esters is 1. The molecule has 3 aromatic rings. The molecule has 1 aliphatic rings. The number of anilines is 2. The fourth-order valence-corrected chi connectivity index (χ4v) is 4.91. The smallest absolute Gasteiger partial charge is 0.338 e. The van der Waals surface area contributed by atoms with E-state index < -0.39 is 23.7 Å². The largest absolute Gasteiger partial charge is 0.493 e. The van der Waals surface area contributed by atoms with E-state index in [9.17, 15) is 18.8 Å². The third-order valence-corrected chi connectivity index (χ3v) is 6.97. The predicted octanol–water partition coefficient (Wildman–Crippen LogP) is 4.59. The molecule has 0 aromatic heterocycles. The highest BCUT2D eigenvalue weighted by atomic mass is 32.1. The van der Waals surface area contributed by atoms with Crippen molar-refractivity contribution in [1.82, 2.24) is 4.90 Å². The molecule has 1 unspecified atom stereocenters.